The fourth-order valence-electron chi connectivity index (χ4n) is 2.33. The molecule has 0 saturated carbocycles. The lowest BCUT2D eigenvalue weighted by atomic mass is 9.96. The number of nitrogens with one attached hydrogen (secondary N) is 1. The Bertz CT molecular complexity index is 814. The molecule has 3 rings (SSSR count). The van der Waals surface area contributed by atoms with E-state index in [0.717, 1.165) is 5.56 Å². The molecule has 6 nitrogen and oxygen atoms in total. The van der Waals surface area contributed by atoms with Gasteiger partial charge in [-0.2, -0.15) is 0 Å². The minimum atomic E-state index is -1.15. The highest BCUT2D eigenvalue weighted by Crippen LogP contribution is 2.19. The second kappa shape index (κ2) is 6.64. The van der Waals surface area contributed by atoms with E-state index in [4.69, 9.17) is 0 Å². The molecule has 0 spiro atoms. The van der Waals surface area contributed by atoms with Gasteiger partial charge in [0.25, 0.3) is 5.91 Å². The van der Waals surface area contributed by atoms with Crippen molar-refractivity contribution in [3.05, 3.63) is 78.5 Å². The maximum atomic E-state index is 12.3. The van der Waals surface area contributed by atoms with Gasteiger partial charge in [0.2, 0.25) is 0 Å². The molecule has 0 saturated heterocycles. The summed E-state index contributed by atoms with van der Waals surface area (Å²) < 4.78 is 1.72. The van der Waals surface area contributed by atoms with Crippen LogP contribution in [0.5, 0.6) is 0 Å². The number of hydrogen-bond donors (Lipinski definition) is 2. The van der Waals surface area contributed by atoms with E-state index < -0.39 is 5.60 Å². The molecule has 0 bridgehead atoms. The van der Waals surface area contributed by atoms with Gasteiger partial charge in [0.1, 0.15) is 23.4 Å². The fraction of sp³-hybridized carbons (Fsp3) is 0.167. The number of hydrogen-bond acceptors (Lipinski definition) is 4. The maximum absolute atomic E-state index is 12.3. The van der Waals surface area contributed by atoms with Gasteiger partial charge in [0.15, 0.2) is 0 Å². The molecular formula is C18H18N4O2. The SMILES string of the molecule is CC(O)(CNC(=O)c1cccc(-n2ccnc2)n1)c1ccccc1. The first-order valence-corrected chi connectivity index (χ1v) is 7.58. The number of carbonyl (C=O) groups excluding carboxylic acids is 1. The van der Waals surface area contributed by atoms with E-state index in [1.807, 2.05) is 30.3 Å². The van der Waals surface area contributed by atoms with E-state index in [1.54, 1.807) is 48.4 Å². The molecule has 0 fully saturated rings. The zero-order valence-corrected chi connectivity index (χ0v) is 13.3. The molecule has 0 aliphatic rings. The number of aliphatic hydroxyl groups is 1. The number of nitrogens with zero attached hydrogens (tertiary/aromatic N) is 3. The minimum absolute atomic E-state index is 0.0901. The predicted molar refractivity (Wildman–Crippen MR) is 89.7 cm³/mol. The average Bonchev–Trinajstić information content (AvgIpc) is 3.15. The summed E-state index contributed by atoms with van der Waals surface area (Å²) in [5, 5.41) is 13.3. The van der Waals surface area contributed by atoms with Crippen LogP contribution in [0.4, 0.5) is 0 Å². The van der Waals surface area contributed by atoms with Gasteiger partial charge in [0, 0.05) is 12.4 Å². The van der Waals surface area contributed by atoms with Crippen molar-refractivity contribution >= 4 is 5.91 Å². The van der Waals surface area contributed by atoms with Gasteiger partial charge in [0.05, 0.1) is 6.54 Å². The molecule has 1 unspecified atom stereocenters. The Morgan fingerprint density at radius 2 is 2.00 bits per heavy atom. The topological polar surface area (TPSA) is 80.0 Å². The molecule has 122 valence electrons. The Morgan fingerprint density at radius 1 is 1.21 bits per heavy atom. The van der Waals surface area contributed by atoms with Gasteiger partial charge in [-0.3, -0.25) is 9.36 Å². The fourth-order valence-corrected chi connectivity index (χ4v) is 2.33. The van der Waals surface area contributed by atoms with Gasteiger partial charge in [-0.1, -0.05) is 36.4 Å². The first-order chi connectivity index (χ1) is 11.6. The van der Waals surface area contributed by atoms with E-state index in [1.165, 1.54) is 0 Å². The second-order valence-electron chi connectivity index (χ2n) is 5.67. The number of amides is 1. The van der Waals surface area contributed by atoms with E-state index in [2.05, 4.69) is 15.3 Å². The summed E-state index contributed by atoms with van der Waals surface area (Å²) in [6.07, 6.45) is 5.01. The van der Waals surface area contributed by atoms with Crippen molar-refractivity contribution in [2.24, 2.45) is 0 Å². The summed E-state index contributed by atoms with van der Waals surface area (Å²) in [6, 6.07) is 14.4. The molecule has 6 heteroatoms. The molecule has 1 amide bonds. The van der Waals surface area contributed by atoms with Crippen LogP contribution in [-0.4, -0.2) is 32.1 Å². The molecular weight excluding hydrogens is 304 g/mol. The number of pyridine rings is 1. The average molecular weight is 322 g/mol. The molecule has 1 aromatic carbocycles. The lowest BCUT2D eigenvalue weighted by Gasteiger charge is -2.24. The standard InChI is InChI=1S/C18H18N4O2/c1-18(24,14-6-3-2-4-7-14)12-20-17(23)15-8-5-9-16(21-15)22-11-10-19-13-22/h2-11,13,24H,12H2,1H3,(H,20,23). The molecule has 0 aliphatic heterocycles. The zero-order chi connectivity index (χ0) is 17.0. The van der Waals surface area contributed by atoms with Gasteiger partial charge >= 0.3 is 0 Å². The number of rotatable bonds is 5. The number of benzene rings is 1. The van der Waals surface area contributed by atoms with Crippen molar-refractivity contribution in [2.45, 2.75) is 12.5 Å². The predicted octanol–water partition coefficient (Wildman–Crippen LogP) is 1.90. The molecule has 2 aromatic heterocycles. The highest BCUT2D eigenvalue weighted by molar-refractivity contribution is 5.92. The second-order valence-corrected chi connectivity index (χ2v) is 5.67. The summed E-state index contributed by atoms with van der Waals surface area (Å²) in [5.41, 5.74) is -0.130. The van der Waals surface area contributed by atoms with Crippen LogP contribution < -0.4 is 5.32 Å². The van der Waals surface area contributed by atoms with Crippen LogP contribution >= 0.6 is 0 Å². The summed E-state index contributed by atoms with van der Waals surface area (Å²) >= 11 is 0. The van der Waals surface area contributed by atoms with Gasteiger partial charge < -0.3 is 10.4 Å². The molecule has 1 atom stereocenters. The van der Waals surface area contributed by atoms with Gasteiger partial charge in [-0.25, -0.2) is 9.97 Å². The molecule has 24 heavy (non-hydrogen) atoms. The highest BCUT2D eigenvalue weighted by Gasteiger charge is 2.24. The third-order valence-corrected chi connectivity index (χ3v) is 3.72. The van der Waals surface area contributed by atoms with E-state index in [-0.39, 0.29) is 18.1 Å². The normalized spacial score (nSPS) is 13.2. The number of carbonyl (C=O) groups is 1. The van der Waals surface area contributed by atoms with Crippen molar-refractivity contribution in [3.63, 3.8) is 0 Å². The minimum Gasteiger partial charge on any atom is -0.384 e. The Kier molecular flexibility index (Phi) is 4.39. The Morgan fingerprint density at radius 3 is 2.71 bits per heavy atom. The van der Waals surface area contributed by atoms with Crippen LogP contribution in [0.15, 0.2) is 67.3 Å². The van der Waals surface area contributed by atoms with Crippen LogP contribution in [0.2, 0.25) is 0 Å². The van der Waals surface area contributed by atoms with Crippen LogP contribution in [0, 0.1) is 0 Å². The lowest BCUT2D eigenvalue weighted by Crippen LogP contribution is -2.38. The van der Waals surface area contributed by atoms with Crippen molar-refractivity contribution in [2.75, 3.05) is 6.54 Å². The first-order valence-electron chi connectivity index (χ1n) is 7.58. The van der Waals surface area contributed by atoms with Crippen molar-refractivity contribution in [1.29, 1.82) is 0 Å². The summed E-state index contributed by atoms with van der Waals surface area (Å²) in [7, 11) is 0. The Labute approximate surface area is 139 Å². The molecule has 0 aliphatic carbocycles. The third-order valence-electron chi connectivity index (χ3n) is 3.72. The summed E-state index contributed by atoms with van der Waals surface area (Å²) in [6.45, 7) is 1.75. The summed E-state index contributed by atoms with van der Waals surface area (Å²) in [4.78, 5) is 20.6. The zero-order valence-electron chi connectivity index (χ0n) is 13.3. The number of aromatic nitrogens is 3. The van der Waals surface area contributed by atoms with Crippen molar-refractivity contribution in [3.8, 4) is 5.82 Å². The smallest absolute Gasteiger partial charge is 0.270 e. The van der Waals surface area contributed by atoms with Gasteiger partial charge in [-0.15, -0.1) is 0 Å². The van der Waals surface area contributed by atoms with Crippen molar-refractivity contribution in [1.82, 2.24) is 19.9 Å². The monoisotopic (exact) mass is 322 g/mol. The lowest BCUT2D eigenvalue weighted by molar-refractivity contribution is 0.0525. The van der Waals surface area contributed by atoms with Gasteiger partial charge in [-0.05, 0) is 24.6 Å². The van der Waals surface area contributed by atoms with Crippen LogP contribution in [0.3, 0.4) is 0 Å². The molecule has 2 heterocycles. The quantitative estimate of drug-likeness (QED) is 0.752. The van der Waals surface area contributed by atoms with Crippen molar-refractivity contribution < 1.29 is 9.90 Å². The molecule has 2 N–H and O–H groups in total. The van der Waals surface area contributed by atoms with Crippen LogP contribution in [0.1, 0.15) is 23.0 Å². The van der Waals surface area contributed by atoms with E-state index in [9.17, 15) is 9.90 Å². The Hall–Kier alpha value is -2.99. The highest BCUT2D eigenvalue weighted by atomic mass is 16.3. The molecule has 3 aromatic rings. The number of imidazole rings is 1. The molecule has 0 radical (unpaired) electrons. The largest absolute Gasteiger partial charge is 0.384 e. The van der Waals surface area contributed by atoms with Crippen LogP contribution in [0.25, 0.3) is 5.82 Å². The summed E-state index contributed by atoms with van der Waals surface area (Å²) in [5.74, 6) is 0.267. The third kappa shape index (κ3) is 3.49. The first kappa shape index (κ1) is 15.9. The maximum Gasteiger partial charge on any atom is 0.270 e. The van der Waals surface area contributed by atoms with Crippen LogP contribution in [-0.2, 0) is 5.60 Å². The van der Waals surface area contributed by atoms with E-state index in [0.29, 0.717) is 5.82 Å². The van der Waals surface area contributed by atoms with E-state index >= 15 is 0 Å². The Balaban J connectivity index is 1.70.